The van der Waals surface area contributed by atoms with Crippen molar-refractivity contribution in [1.82, 2.24) is 20.2 Å². The Hall–Kier alpha value is -4.05. The molecular formula is C26H20ClFN6O3. The summed E-state index contributed by atoms with van der Waals surface area (Å²) in [4.78, 5) is 23.9. The highest BCUT2D eigenvalue weighted by molar-refractivity contribution is 6.34. The average Bonchev–Trinajstić information content (AvgIpc) is 3.60. The number of aryl methyl sites for hydroxylation is 1. The number of carbonyl (C=O) groups excluding carboxylic acids is 1. The van der Waals surface area contributed by atoms with Crippen molar-refractivity contribution < 1.29 is 18.3 Å². The van der Waals surface area contributed by atoms with E-state index in [1.807, 2.05) is 6.07 Å². The number of benzene rings is 1. The third kappa shape index (κ3) is 3.88. The Morgan fingerprint density at radius 3 is 2.84 bits per heavy atom. The van der Waals surface area contributed by atoms with Gasteiger partial charge in [0.15, 0.2) is 0 Å². The van der Waals surface area contributed by atoms with Crippen LogP contribution in [0.2, 0.25) is 5.02 Å². The van der Waals surface area contributed by atoms with Crippen molar-refractivity contribution in [1.29, 1.82) is 0 Å². The molecule has 186 valence electrons. The zero-order valence-corrected chi connectivity index (χ0v) is 20.2. The minimum absolute atomic E-state index is 0.270. The highest BCUT2D eigenvalue weighted by Gasteiger charge is 2.36. The van der Waals surface area contributed by atoms with E-state index in [1.54, 1.807) is 29.3 Å². The maximum Gasteiger partial charge on any atom is 0.326 e. The van der Waals surface area contributed by atoms with Gasteiger partial charge in [0.2, 0.25) is 6.39 Å². The number of rotatable bonds is 4. The van der Waals surface area contributed by atoms with Gasteiger partial charge in [0.05, 0.1) is 28.6 Å². The van der Waals surface area contributed by atoms with Gasteiger partial charge in [-0.05, 0) is 55.5 Å². The number of ether oxygens (including phenoxy) is 1. The average molecular weight is 519 g/mol. The van der Waals surface area contributed by atoms with E-state index in [0.29, 0.717) is 59.0 Å². The smallest absolute Gasteiger partial charge is 0.326 e. The zero-order chi connectivity index (χ0) is 25.1. The van der Waals surface area contributed by atoms with Crippen LogP contribution in [0.25, 0.3) is 11.6 Å². The Bertz CT molecular complexity index is 1540. The first kappa shape index (κ1) is 22.2. The number of amides is 2. The molecule has 1 N–H and O–H groups in total. The summed E-state index contributed by atoms with van der Waals surface area (Å²) in [5, 5.41) is 11.1. The van der Waals surface area contributed by atoms with Gasteiger partial charge in [-0.25, -0.2) is 14.2 Å². The molecule has 2 amide bonds. The summed E-state index contributed by atoms with van der Waals surface area (Å²) >= 11 is 6.68. The molecule has 3 aromatic heterocycles. The maximum atomic E-state index is 14.4. The summed E-state index contributed by atoms with van der Waals surface area (Å²) in [5.41, 5.74) is 4.71. The first-order valence-electron chi connectivity index (χ1n) is 12.0. The lowest BCUT2D eigenvalue weighted by Crippen LogP contribution is -2.39. The third-order valence-electron chi connectivity index (χ3n) is 6.96. The molecule has 37 heavy (non-hydrogen) atoms. The zero-order valence-electron chi connectivity index (χ0n) is 19.4. The van der Waals surface area contributed by atoms with Crippen LogP contribution in [0.4, 0.5) is 20.6 Å². The fraction of sp³-hybridized carbons (Fsp3) is 0.269. The molecule has 1 aliphatic carbocycles. The van der Waals surface area contributed by atoms with E-state index in [4.69, 9.17) is 25.7 Å². The molecule has 11 heteroatoms. The maximum absolute atomic E-state index is 14.4. The Morgan fingerprint density at radius 1 is 1.16 bits per heavy atom. The number of halogens is 2. The topological polar surface area (TPSA) is 106 Å². The van der Waals surface area contributed by atoms with E-state index in [0.717, 1.165) is 29.7 Å². The highest BCUT2D eigenvalue weighted by Crippen LogP contribution is 2.46. The monoisotopic (exact) mass is 518 g/mol. The highest BCUT2D eigenvalue weighted by atomic mass is 35.5. The van der Waals surface area contributed by atoms with Crippen LogP contribution >= 0.6 is 11.6 Å². The second kappa shape index (κ2) is 8.52. The van der Waals surface area contributed by atoms with Crippen molar-refractivity contribution in [3.05, 3.63) is 76.3 Å². The first-order chi connectivity index (χ1) is 18.0. The molecule has 1 unspecified atom stereocenters. The van der Waals surface area contributed by atoms with Gasteiger partial charge in [-0.15, -0.1) is 10.2 Å². The number of anilines is 2. The standard InChI is InChI=1S/C26H20ClFN6O3/c27-16-8-14-5-6-21(24-17(28)2-1-7-29-24)37-22(14)10-20(16)34-11-15-18(32-26(34)35)9-19(25-33-30-12-36-25)31-23(15)13-3-4-13/h1-2,7-10,12-13,21H,3-6,11H2,(H,32,35). The molecule has 5 heterocycles. The van der Waals surface area contributed by atoms with E-state index in [-0.39, 0.29) is 11.7 Å². The number of carbonyl (C=O) groups is 1. The van der Waals surface area contributed by atoms with Crippen molar-refractivity contribution in [2.24, 2.45) is 0 Å². The number of hydrogen-bond acceptors (Lipinski definition) is 7. The minimum Gasteiger partial charge on any atom is -0.484 e. The van der Waals surface area contributed by atoms with E-state index in [1.165, 1.54) is 12.5 Å². The number of nitrogens with zero attached hydrogens (tertiary/aromatic N) is 5. The quantitative estimate of drug-likeness (QED) is 0.363. The Morgan fingerprint density at radius 2 is 2.05 bits per heavy atom. The molecule has 0 bridgehead atoms. The summed E-state index contributed by atoms with van der Waals surface area (Å²) in [6, 6.07) is 7.93. The Kier molecular flexibility index (Phi) is 5.10. The molecule has 3 aliphatic rings. The minimum atomic E-state index is -0.521. The predicted octanol–water partition coefficient (Wildman–Crippen LogP) is 5.81. The molecule has 0 spiro atoms. The van der Waals surface area contributed by atoms with Crippen molar-refractivity contribution >= 4 is 29.0 Å². The van der Waals surface area contributed by atoms with E-state index in [2.05, 4.69) is 20.5 Å². The number of urea groups is 1. The van der Waals surface area contributed by atoms with E-state index < -0.39 is 11.9 Å². The van der Waals surface area contributed by atoms with Crippen LogP contribution in [-0.2, 0) is 13.0 Å². The van der Waals surface area contributed by atoms with Crippen LogP contribution in [0.3, 0.4) is 0 Å². The lowest BCUT2D eigenvalue weighted by atomic mass is 9.98. The molecule has 0 radical (unpaired) electrons. The van der Waals surface area contributed by atoms with E-state index in [9.17, 15) is 9.18 Å². The van der Waals surface area contributed by atoms with Crippen molar-refractivity contribution in [3.63, 3.8) is 0 Å². The van der Waals surface area contributed by atoms with Crippen molar-refractivity contribution in [3.8, 4) is 17.3 Å². The number of fused-ring (bicyclic) bond motifs is 2. The number of aromatic nitrogens is 4. The van der Waals surface area contributed by atoms with Crippen LogP contribution < -0.4 is 15.0 Å². The molecule has 1 aromatic carbocycles. The molecule has 4 aromatic rings. The van der Waals surface area contributed by atoms with Gasteiger partial charge < -0.3 is 14.5 Å². The molecule has 1 atom stereocenters. The Balaban J connectivity index is 1.24. The molecule has 1 fully saturated rings. The van der Waals surface area contributed by atoms with Gasteiger partial charge >= 0.3 is 6.03 Å². The predicted molar refractivity (Wildman–Crippen MR) is 132 cm³/mol. The van der Waals surface area contributed by atoms with Crippen LogP contribution in [0, 0.1) is 5.82 Å². The fourth-order valence-corrected chi connectivity index (χ4v) is 5.28. The van der Waals surface area contributed by atoms with Gasteiger partial charge in [0.1, 0.15) is 29.1 Å². The number of hydrogen-bond donors (Lipinski definition) is 1. The van der Waals surface area contributed by atoms with Crippen LogP contribution in [0.15, 0.2) is 47.3 Å². The summed E-state index contributed by atoms with van der Waals surface area (Å²) < 4.78 is 25.9. The summed E-state index contributed by atoms with van der Waals surface area (Å²) in [6.07, 6.45) is 5.56. The van der Waals surface area contributed by atoms with Crippen LogP contribution in [-0.4, -0.2) is 26.2 Å². The Labute approximate surface area is 215 Å². The third-order valence-corrected chi connectivity index (χ3v) is 7.26. The van der Waals surface area contributed by atoms with Gasteiger partial charge in [0.25, 0.3) is 5.89 Å². The second-order valence-electron chi connectivity index (χ2n) is 9.38. The van der Waals surface area contributed by atoms with Gasteiger partial charge in [0, 0.05) is 23.7 Å². The largest absolute Gasteiger partial charge is 0.484 e. The lowest BCUT2D eigenvalue weighted by molar-refractivity contribution is 0.167. The summed E-state index contributed by atoms with van der Waals surface area (Å²) in [5.74, 6) is 0.767. The van der Waals surface area contributed by atoms with Crippen molar-refractivity contribution in [2.75, 3.05) is 10.2 Å². The lowest BCUT2D eigenvalue weighted by Gasteiger charge is -2.33. The molecule has 1 saturated carbocycles. The first-order valence-corrected chi connectivity index (χ1v) is 12.4. The van der Waals surface area contributed by atoms with Gasteiger partial charge in [-0.2, -0.15) is 0 Å². The van der Waals surface area contributed by atoms with Crippen molar-refractivity contribution in [2.45, 2.75) is 44.2 Å². The number of nitrogens with one attached hydrogen (secondary N) is 1. The molecular weight excluding hydrogens is 499 g/mol. The van der Waals surface area contributed by atoms with E-state index >= 15 is 0 Å². The van der Waals surface area contributed by atoms with Crippen LogP contribution in [0.1, 0.15) is 53.8 Å². The molecule has 9 nitrogen and oxygen atoms in total. The number of pyridine rings is 2. The van der Waals surface area contributed by atoms with Gasteiger partial charge in [-0.3, -0.25) is 9.88 Å². The molecule has 7 rings (SSSR count). The summed E-state index contributed by atoms with van der Waals surface area (Å²) in [6.45, 7) is 0.293. The van der Waals surface area contributed by atoms with Crippen LogP contribution in [0.5, 0.6) is 5.75 Å². The fourth-order valence-electron chi connectivity index (χ4n) is 4.99. The second-order valence-corrected chi connectivity index (χ2v) is 9.79. The molecule has 2 aliphatic heterocycles. The normalized spacial score (nSPS) is 18.6. The van der Waals surface area contributed by atoms with Gasteiger partial charge in [-0.1, -0.05) is 11.6 Å². The SMILES string of the molecule is O=C1Nc2cc(-c3nnco3)nc(C3CC3)c2CN1c1cc2c(cc1Cl)CCC(c1ncccc1F)O2. The summed E-state index contributed by atoms with van der Waals surface area (Å²) in [7, 11) is 0. The molecule has 0 saturated heterocycles.